The second kappa shape index (κ2) is 8.39. The molecule has 0 saturated heterocycles. The number of likely N-dealkylation sites (N-methyl/N-ethyl adjacent to an activating group) is 1. The Morgan fingerprint density at radius 2 is 1.70 bits per heavy atom. The SMILES string of the molecule is CCCNC(=O)CCNC(=O)N(CC)C(C)(C)C(=O)O. The molecule has 0 saturated carbocycles. The molecule has 3 amide bonds. The van der Waals surface area contributed by atoms with Gasteiger partial charge in [0.15, 0.2) is 0 Å². The summed E-state index contributed by atoms with van der Waals surface area (Å²) in [5.74, 6) is -1.21. The Morgan fingerprint density at radius 1 is 1.10 bits per heavy atom. The molecule has 3 N–H and O–H groups in total. The number of nitrogens with zero attached hydrogens (tertiary/aromatic N) is 1. The summed E-state index contributed by atoms with van der Waals surface area (Å²) in [4.78, 5) is 35.7. The number of hydrogen-bond donors (Lipinski definition) is 3. The van der Waals surface area contributed by atoms with E-state index in [9.17, 15) is 14.4 Å². The van der Waals surface area contributed by atoms with Crippen molar-refractivity contribution < 1.29 is 19.5 Å². The average molecular weight is 287 g/mol. The lowest BCUT2D eigenvalue weighted by molar-refractivity contribution is -0.147. The quantitative estimate of drug-likeness (QED) is 0.615. The number of aliphatic carboxylic acids is 1. The first-order chi connectivity index (χ1) is 9.27. The highest BCUT2D eigenvalue weighted by atomic mass is 16.4. The fourth-order valence-electron chi connectivity index (χ4n) is 1.64. The third-order valence-electron chi connectivity index (χ3n) is 2.96. The second-order valence-electron chi connectivity index (χ2n) is 4.94. The number of nitrogens with one attached hydrogen (secondary N) is 2. The standard InChI is InChI=1S/C13H25N3O4/c1-5-8-14-10(17)7-9-15-12(20)16(6-2)13(3,4)11(18)19/h5-9H2,1-4H3,(H,14,17)(H,15,20)(H,18,19). The molecule has 0 aromatic heterocycles. The van der Waals surface area contributed by atoms with E-state index >= 15 is 0 Å². The lowest BCUT2D eigenvalue weighted by atomic mass is 10.0. The monoisotopic (exact) mass is 287 g/mol. The van der Waals surface area contributed by atoms with Gasteiger partial charge in [-0.2, -0.15) is 0 Å². The van der Waals surface area contributed by atoms with E-state index in [1.165, 1.54) is 18.7 Å². The first kappa shape index (κ1) is 18.2. The van der Waals surface area contributed by atoms with Crippen molar-refractivity contribution in [2.45, 2.75) is 46.1 Å². The van der Waals surface area contributed by atoms with E-state index in [0.29, 0.717) is 6.54 Å². The molecule has 0 aromatic carbocycles. The fraction of sp³-hybridized carbons (Fsp3) is 0.769. The lowest BCUT2D eigenvalue weighted by Gasteiger charge is -2.34. The van der Waals surface area contributed by atoms with Gasteiger partial charge in [0, 0.05) is 26.1 Å². The van der Waals surface area contributed by atoms with Gasteiger partial charge in [-0.1, -0.05) is 6.92 Å². The third kappa shape index (κ3) is 5.46. The largest absolute Gasteiger partial charge is 0.480 e. The van der Waals surface area contributed by atoms with Crippen LogP contribution in [0.1, 0.15) is 40.5 Å². The Hall–Kier alpha value is -1.79. The Kier molecular flexibility index (Phi) is 7.64. The number of hydrogen-bond acceptors (Lipinski definition) is 3. The maximum Gasteiger partial charge on any atom is 0.329 e. The molecule has 0 unspecified atom stereocenters. The summed E-state index contributed by atoms with van der Waals surface area (Å²) < 4.78 is 0. The number of urea groups is 1. The van der Waals surface area contributed by atoms with Gasteiger partial charge in [0.05, 0.1) is 0 Å². The molecule has 116 valence electrons. The molecule has 0 aliphatic rings. The molecule has 0 radical (unpaired) electrons. The van der Waals surface area contributed by atoms with Crippen LogP contribution in [0.3, 0.4) is 0 Å². The van der Waals surface area contributed by atoms with Crippen LogP contribution in [0.15, 0.2) is 0 Å². The smallest absolute Gasteiger partial charge is 0.329 e. The van der Waals surface area contributed by atoms with Gasteiger partial charge < -0.3 is 20.6 Å². The summed E-state index contributed by atoms with van der Waals surface area (Å²) in [7, 11) is 0. The molecule has 0 spiro atoms. The number of rotatable bonds is 8. The molecule has 7 nitrogen and oxygen atoms in total. The predicted molar refractivity (Wildman–Crippen MR) is 75.4 cm³/mol. The maximum absolute atomic E-state index is 11.9. The maximum atomic E-state index is 11.9. The minimum absolute atomic E-state index is 0.132. The first-order valence-corrected chi connectivity index (χ1v) is 6.82. The third-order valence-corrected chi connectivity index (χ3v) is 2.96. The zero-order valence-corrected chi connectivity index (χ0v) is 12.7. The fourth-order valence-corrected chi connectivity index (χ4v) is 1.64. The van der Waals surface area contributed by atoms with Crippen LogP contribution in [-0.2, 0) is 9.59 Å². The van der Waals surface area contributed by atoms with E-state index in [2.05, 4.69) is 10.6 Å². The molecule has 20 heavy (non-hydrogen) atoms. The van der Waals surface area contributed by atoms with E-state index in [0.717, 1.165) is 6.42 Å². The van der Waals surface area contributed by atoms with Crippen molar-refractivity contribution in [2.75, 3.05) is 19.6 Å². The van der Waals surface area contributed by atoms with Crippen molar-refractivity contribution >= 4 is 17.9 Å². The van der Waals surface area contributed by atoms with Gasteiger partial charge in [-0.05, 0) is 27.2 Å². The summed E-state index contributed by atoms with van der Waals surface area (Å²) in [6, 6.07) is -0.483. The first-order valence-electron chi connectivity index (χ1n) is 6.82. The molecule has 0 aliphatic carbocycles. The molecular formula is C13H25N3O4. The van der Waals surface area contributed by atoms with Crippen molar-refractivity contribution in [1.29, 1.82) is 0 Å². The van der Waals surface area contributed by atoms with Gasteiger partial charge in [-0.3, -0.25) is 4.79 Å². The number of carboxylic acid groups (broad SMARTS) is 1. The van der Waals surface area contributed by atoms with Crippen LogP contribution >= 0.6 is 0 Å². The van der Waals surface area contributed by atoms with Crippen molar-refractivity contribution in [1.82, 2.24) is 15.5 Å². The number of carboxylic acids is 1. The lowest BCUT2D eigenvalue weighted by Crippen LogP contribution is -2.56. The van der Waals surface area contributed by atoms with Crippen LogP contribution in [0.4, 0.5) is 4.79 Å². The summed E-state index contributed by atoms with van der Waals surface area (Å²) in [6.45, 7) is 7.65. The van der Waals surface area contributed by atoms with Crippen LogP contribution in [0.25, 0.3) is 0 Å². The van der Waals surface area contributed by atoms with Crippen LogP contribution in [0.2, 0.25) is 0 Å². The molecule has 0 rings (SSSR count). The minimum Gasteiger partial charge on any atom is -0.480 e. The highest BCUT2D eigenvalue weighted by Crippen LogP contribution is 2.14. The summed E-state index contributed by atoms with van der Waals surface area (Å²) in [5, 5.41) is 14.4. The van der Waals surface area contributed by atoms with Gasteiger partial charge in [0.2, 0.25) is 5.91 Å². The summed E-state index contributed by atoms with van der Waals surface area (Å²) in [5.41, 5.74) is -1.29. The van der Waals surface area contributed by atoms with Crippen molar-refractivity contribution in [3.05, 3.63) is 0 Å². The van der Waals surface area contributed by atoms with E-state index in [1.807, 2.05) is 6.92 Å². The Bertz CT molecular complexity index is 356. The zero-order valence-electron chi connectivity index (χ0n) is 12.7. The highest BCUT2D eigenvalue weighted by Gasteiger charge is 2.36. The van der Waals surface area contributed by atoms with E-state index in [4.69, 9.17) is 5.11 Å². The Labute approximate surface area is 119 Å². The topological polar surface area (TPSA) is 98.7 Å². The van der Waals surface area contributed by atoms with Crippen LogP contribution in [-0.4, -0.2) is 53.1 Å². The minimum atomic E-state index is -1.29. The number of amides is 3. The van der Waals surface area contributed by atoms with E-state index in [-0.39, 0.29) is 25.4 Å². The predicted octanol–water partition coefficient (Wildman–Crippen LogP) is 0.797. The van der Waals surface area contributed by atoms with E-state index in [1.54, 1.807) is 6.92 Å². The number of carbonyl (C=O) groups is 3. The molecule has 0 bridgehead atoms. The van der Waals surface area contributed by atoms with E-state index < -0.39 is 17.5 Å². The second-order valence-corrected chi connectivity index (χ2v) is 4.94. The van der Waals surface area contributed by atoms with Gasteiger partial charge in [0.25, 0.3) is 0 Å². The van der Waals surface area contributed by atoms with Crippen LogP contribution in [0, 0.1) is 0 Å². The molecule has 0 aromatic rings. The summed E-state index contributed by atoms with van der Waals surface area (Å²) in [6.07, 6.45) is 1.03. The molecular weight excluding hydrogens is 262 g/mol. The van der Waals surface area contributed by atoms with Gasteiger partial charge in [0.1, 0.15) is 5.54 Å². The average Bonchev–Trinajstić information content (AvgIpc) is 2.36. The normalized spacial score (nSPS) is 10.8. The molecule has 7 heteroatoms. The molecule has 0 fully saturated rings. The van der Waals surface area contributed by atoms with Crippen LogP contribution < -0.4 is 10.6 Å². The van der Waals surface area contributed by atoms with Crippen molar-refractivity contribution in [2.24, 2.45) is 0 Å². The van der Waals surface area contributed by atoms with Gasteiger partial charge in [-0.15, -0.1) is 0 Å². The van der Waals surface area contributed by atoms with Crippen LogP contribution in [0.5, 0.6) is 0 Å². The Morgan fingerprint density at radius 3 is 2.15 bits per heavy atom. The van der Waals surface area contributed by atoms with Gasteiger partial charge >= 0.3 is 12.0 Å². The Balaban J connectivity index is 4.31. The summed E-state index contributed by atoms with van der Waals surface area (Å²) >= 11 is 0. The van der Waals surface area contributed by atoms with Gasteiger partial charge in [-0.25, -0.2) is 9.59 Å². The van der Waals surface area contributed by atoms with Crippen molar-refractivity contribution in [3.8, 4) is 0 Å². The highest BCUT2D eigenvalue weighted by molar-refractivity contribution is 5.85. The van der Waals surface area contributed by atoms with Crippen molar-refractivity contribution in [3.63, 3.8) is 0 Å². The molecule has 0 aliphatic heterocycles. The number of carbonyl (C=O) groups excluding carboxylic acids is 2. The molecule has 0 heterocycles. The zero-order chi connectivity index (χ0) is 15.8. The molecule has 0 atom stereocenters.